The highest BCUT2D eigenvalue weighted by Crippen LogP contribution is 2.35. The van der Waals surface area contributed by atoms with Crippen LogP contribution in [0.25, 0.3) is 0 Å². The molecule has 0 atom stereocenters. The molecule has 2 fully saturated rings. The van der Waals surface area contributed by atoms with Crippen LogP contribution in [0.15, 0.2) is 23.2 Å². The summed E-state index contributed by atoms with van der Waals surface area (Å²) >= 11 is 0. The van der Waals surface area contributed by atoms with Gasteiger partial charge in [-0.3, -0.25) is 0 Å². The minimum absolute atomic E-state index is 0. The van der Waals surface area contributed by atoms with E-state index in [4.69, 9.17) is 14.5 Å². The first kappa shape index (κ1) is 28.0. The van der Waals surface area contributed by atoms with Crippen molar-refractivity contribution in [3.63, 3.8) is 0 Å². The van der Waals surface area contributed by atoms with Gasteiger partial charge in [-0.25, -0.2) is 4.99 Å². The number of likely N-dealkylation sites (N-methyl/N-ethyl adjacent to an activating group) is 1. The smallest absolute Gasteiger partial charge is 0.191 e. The van der Waals surface area contributed by atoms with Crippen molar-refractivity contribution in [2.24, 2.45) is 4.99 Å². The Kier molecular flexibility index (Phi) is 13.2. The van der Waals surface area contributed by atoms with Crippen molar-refractivity contribution in [1.82, 2.24) is 20.4 Å². The maximum absolute atomic E-state index is 6.36. The molecule has 3 rings (SSSR count). The van der Waals surface area contributed by atoms with Crippen molar-refractivity contribution < 1.29 is 9.47 Å². The van der Waals surface area contributed by atoms with Crippen molar-refractivity contribution in [3.8, 4) is 11.5 Å². The first-order chi connectivity index (χ1) is 15.7. The summed E-state index contributed by atoms with van der Waals surface area (Å²) < 4.78 is 11.9. The van der Waals surface area contributed by atoms with Gasteiger partial charge in [-0.15, -0.1) is 24.0 Å². The van der Waals surface area contributed by atoms with E-state index in [1.807, 2.05) is 12.1 Å². The maximum atomic E-state index is 6.36. The van der Waals surface area contributed by atoms with Crippen LogP contribution in [0.4, 0.5) is 0 Å². The molecule has 0 bridgehead atoms. The molecule has 1 saturated carbocycles. The molecule has 1 aliphatic heterocycles. The number of benzene rings is 1. The molecule has 1 saturated heterocycles. The van der Waals surface area contributed by atoms with Crippen LogP contribution in [0.2, 0.25) is 0 Å². The zero-order chi connectivity index (χ0) is 22.6. The number of methoxy groups -OCH3 is 1. The van der Waals surface area contributed by atoms with Crippen LogP contribution in [-0.2, 0) is 6.54 Å². The lowest BCUT2D eigenvalue weighted by atomic mass is 10.1. The average molecular weight is 574 g/mol. The molecule has 0 aromatic heterocycles. The van der Waals surface area contributed by atoms with Gasteiger partial charge < -0.3 is 29.9 Å². The monoisotopic (exact) mass is 573 g/mol. The standard InChI is InChI=1S/C25H43N5O2.HI/c1-4-26-25(27-14-7-8-15-30-18-16-29(2)17-19-30)28-20-21-10-9-13-23(31-3)24(21)32-22-11-5-6-12-22;/h9-10,13,22H,4-8,11-12,14-20H2,1-3H3,(H2,26,27,28);1H. The van der Waals surface area contributed by atoms with E-state index in [0.717, 1.165) is 55.4 Å². The molecule has 0 radical (unpaired) electrons. The Morgan fingerprint density at radius 1 is 1.09 bits per heavy atom. The van der Waals surface area contributed by atoms with E-state index in [1.54, 1.807) is 7.11 Å². The number of rotatable bonds is 11. The normalized spacial score (nSPS) is 18.1. The van der Waals surface area contributed by atoms with Gasteiger partial charge >= 0.3 is 0 Å². The van der Waals surface area contributed by atoms with Gasteiger partial charge in [-0.05, 0) is 65.1 Å². The zero-order valence-electron chi connectivity index (χ0n) is 20.8. The summed E-state index contributed by atoms with van der Waals surface area (Å²) in [5.74, 6) is 2.52. The van der Waals surface area contributed by atoms with E-state index in [9.17, 15) is 0 Å². The number of guanidine groups is 1. The van der Waals surface area contributed by atoms with Crippen LogP contribution >= 0.6 is 24.0 Å². The summed E-state index contributed by atoms with van der Waals surface area (Å²) in [6.45, 7) is 10.4. The second-order valence-corrected chi connectivity index (χ2v) is 8.95. The summed E-state index contributed by atoms with van der Waals surface area (Å²) in [4.78, 5) is 9.82. The van der Waals surface area contributed by atoms with Gasteiger partial charge in [0.1, 0.15) is 0 Å². The Morgan fingerprint density at radius 2 is 1.85 bits per heavy atom. The van der Waals surface area contributed by atoms with E-state index in [1.165, 1.54) is 52.0 Å². The number of unbranched alkanes of at least 4 members (excludes halogenated alkanes) is 1. The molecule has 188 valence electrons. The fourth-order valence-corrected chi connectivity index (χ4v) is 4.40. The number of piperazine rings is 1. The van der Waals surface area contributed by atoms with Gasteiger partial charge in [0.05, 0.1) is 19.8 Å². The van der Waals surface area contributed by atoms with E-state index in [2.05, 4.69) is 40.5 Å². The first-order valence-corrected chi connectivity index (χ1v) is 12.4. The van der Waals surface area contributed by atoms with Crippen LogP contribution in [0.5, 0.6) is 11.5 Å². The van der Waals surface area contributed by atoms with E-state index >= 15 is 0 Å². The van der Waals surface area contributed by atoms with Crippen molar-refractivity contribution >= 4 is 29.9 Å². The molecule has 2 N–H and O–H groups in total. The SMILES string of the molecule is CCNC(=NCc1cccc(OC)c1OC1CCCC1)NCCCCN1CCN(C)CC1.I. The molecular weight excluding hydrogens is 529 g/mol. The summed E-state index contributed by atoms with van der Waals surface area (Å²) in [6.07, 6.45) is 7.39. The highest BCUT2D eigenvalue weighted by atomic mass is 127. The Morgan fingerprint density at radius 3 is 2.55 bits per heavy atom. The van der Waals surface area contributed by atoms with E-state index in [0.29, 0.717) is 12.6 Å². The topological polar surface area (TPSA) is 61.4 Å². The zero-order valence-corrected chi connectivity index (χ0v) is 23.1. The Hall–Kier alpha value is -1.26. The molecule has 1 heterocycles. The minimum atomic E-state index is 0. The van der Waals surface area contributed by atoms with Gasteiger partial charge in [0.2, 0.25) is 0 Å². The molecule has 7 nitrogen and oxygen atoms in total. The third-order valence-electron chi connectivity index (χ3n) is 6.41. The third-order valence-corrected chi connectivity index (χ3v) is 6.41. The number of halogens is 1. The predicted octanol–water partition coefficient (Wildman–Crippen LogP) is 3.72. The first-order valence-electron chi connectivity index (χ1n) is 12.4. The number of nitrogens with one attached hydrogen (secondary N) is 2. The van der Waals surface area contributed by atoms with Gasteiger partial charge in [0, 0.05) is 44.8 Å². The maximum Gasteiger partial charge on any atom is 0.191 e. The van der Waals surface area contributed by atoms with Crippen LogP contribution < -0.4 is 20.1 Å². The lowest BCUT2D eigenvalue weighted by Gasteiger charge is -2.32. The van der Waals surface area contributed by atoms with Gasteiger partial charge in [0.25, 0.3) is 0 Å². The number of hydrogen-bond donors (Lipinski definition) is 2. The predicted molar refractivity (Wildman–Crippen MR) is 147 cm³/mol. The molecule has 0 unspecified atom stereocenters. The highest BCUT2D eigenvalue weighted by molar-refractivity contribution is 14.0. The second-order valence-electron chi connectivity index (χ2n) is 8.95. The summed E-state index contributed by atoms with van der Waals surface area (Å²) in [5.41, 5.74) is 1.07. The second kappa shape index (κ2) is 15.6. The Labute approximate surface area is 217 Å². The molecule has 1 aromatic rings. The van der Waals surface area contributed by atoms with Gasteiger partial charge in [-0.2, -0.15) is 0 Å². The largest absolute Gasteiger partial charge is 0.493 e. The van der Waals surface area contributed by atoms with Crippen LogP contribution in [0.1, 0.15) is 51.0 Å². The average Bonchev–Trinajstić information content (AvgIpc) is 3.32. The lowest BCUT2D eigenvalue weighted by molar-refractivity contribution is 0.152. The lowest BCUT2D eigenvalue weighted by Crippen LogP contribution is -2.44. The molecule has 2 aliphatic rings. The van der Waals surface area contributed by atoms with Gasteiger partial charge in [-0.1, -0.05) is 12.1 Å². The van der Waals surface area contributed by atoms with Crippen molar-refractivity contribution in [1.29, 1.82) is 0 Å². The minimum Gasteiger partial charge on any atom is -0.493 e. The summed E-state index contributed by atoms with van der Waals surface area (Å²) in [6, 6.07) is 6.08. The van der Waals surface area contributed by atoms with Gasteiger partial charge in [0.15, 0.2) is 17.5 Å². The van der Waals surface area contributed by atoms with Crippen molar-refractivity contribution in [2.45, 2.75) is 58.1 Å². The number of hydrogen-bond acceptors (Lipinski definition) is 5. The molecule has 1 aliphatic carbocycles. The van der Waals surface area contributed by atoms with Crippen LogP contribution in [-0.4, -0.2) is 81.8 Å². The van der Waals surface area contributed by atoms with Crippen molar-refractivity contribution in [3.05, 3.63) is 23.8 Å². The fraction of sp³-hybridized carbons (Fsp3) is 0.720. The fourth-order valence-electron chi connectivity index (χ4n) is 4.40. The molecule has 8 heteroatoms. The van der Waals surface area contributed by atoms with Crippen LogP contribution in [0, 0.1) is 0 Å². The van der Waals surface area contributed by atoms with Crippen molar-refractivity contribution in [2.75, 3.05) is 60.0 Å². The molecule has 0 spiro atoms. The quantitative estimate of drug-likeness (QED) is 0.182. The van der Waals surface area contributed by atoms with E-state index < -0.39 is 0 Å². The Bertz CT molecular complexity index is 704. The number of aliphatic imine (C=N–C) groups is 1. The van der Waals surface area contributed by atoms with Crippen LogP contribution in [0.3, 0.4) is 0 Å². The molecular formula is C25H44IN5O2. The summed E-state index contributed by atoms with van der Waals surface area (Å²) in [7, 11) is 3.91. The highest BCUT2D eigenvalue weighted by Gasteiger charge is 2.20. The molecule has 0 amide bonds. The molecule has 1 aromatic carbocycles. The molecule has 33 heavy (non-hydrogen) atoms. The number of nitrogens with zero attached hydrogens (tertiary/aromatic N) is 3. The number of para-hydroxylation sites is 1. The van der Waals surface area contributed by atoms with E-state index in [-0.39, 0.29) is 24.0 Å². The number of ether oxygens (including phenoxy) is 2. The summed E-state index contributed by atoms with van der Waals surface area (Å²) in [5, 5.41) is 6.87. The Balaban J connectivity index is 0.00000385. The third kappa shape index (κ3) is 9.48.